The molecular formula is C14H25N5O. The highest BCUT2D eigenvalue weighted by atomic mass is 16.2. The van der Waals surface area contributed by atoms with E-state index in [0.29, 0.717) is 18.4 Å². The number of nitrogens with zero attached hydrogens (tertiary/aromatic N) is 3. The lowest BCUT2D eigenvalue weighted by Crippen LogP contribution is -2.46. The topological polar surface area (TPSA) is 73.9 Å². The maximum atomic E-state index is 12.4. The standard InChI is InChI=1S/C14H25N5O/c1-3-7-12-16-13(18-17-12)14(20)19(4-2)10-11-8-5-6-9-15-11/h11,15H,3-10H2,1-2H3,(H,16,17,18). The Balaban J connectivity index is 1.96. The molecule has 6 nitrogen and oxygen atoms in total. The second-order valence-electron chi connectivity index (χ2n) is 5.35. The number of aromatic nitrogens is 3. The number of amides is 1. The number of aromatic amines is 1. The van der Waals surface area contributed by atoms with Crippen molar-refractivity contribution in [1.82, 2.24) is 25.4 Å². The van der Waals surface area contributed by atoms with Gasteiger partial charge in [0.2, 0.25) is 5.82 Å². The third-order valence-electron chi connectivity index (χ3n) is 3.73. The summed E-state index contributed by atoms with van der Waals surface area (Å²) >= 11 is 0. The zero-order valence-corrected chi connectivity index (χ0v) is 12.5. The number of hydrogen-bond donors (Lipinski definition) is 2. The quantitative estimate of drug-likeness (QED) is 0.824. The SMILES string of the molecule is CCCc1nc(C(=O)N(CC)CC2CCCCN2)n[nH]1. The molecule has 2 rings (SSSR count). The molecule has 0 spiro atoms. The molecule has 1 aliphatic rings. The Morgan fingerprint density at radius 2 is 2.25 bits per heavy atom. The van der Waals surface area contributed by atoms with Crippen molar-refractivity contribution in [3.63, 3.8) is 0 Å². The number of hydrogen-bond acceptors (Lipinski definition) is 4. The molecule has 0 bridgehead atoms. The van der Waals surface area contributed by atoms with E-state index in [-0.39, 0.29) is 5.91 Å². The van der Waals surface area contributed by atoms with Gasteiger partial charge in [-0.3, -0.25) is 9.89 Å². The molecule has 1 aromatic heterocycles. The van der Waals surface area contributed by atoms with Crippen molar-refractivity contribution in [2.45, 2.75) is 52.0 Å². The number of piperidine rings is 1. The zero-order chi connectivity index (χ0) is 14.4. The van der Waals surface area contributed by atoms with E-state index in [4.69, 9.17) is 0 Å². The molecule has 112 valence electrons. The molecule has 1 saturated heterocycles. The molecule has 1 unspecified atom stereocenters. The average molecular weight is 279 g/mol. The number of carbonyl (C=O) groups excluding carboxylic acids is 1. The fourth-order valence-corrected chi connectivity index (χ4v) is 2.58. The lowest BCUT2D eigenvalue weighted by atomic mass is 10.0. The van der Waals surface area contributed by atoms with E-state index in [1.54, 1.807) is 0 Å². The third-order valence-corrected chi connectivity index (χ3v) is 3.73. The first-order chi connectivity index (χ1) is 9.74. The number of carbonyl (C=O) groups is 1. The Labute approximate surface area is 120 Å². The van der Waals surface area contributed by atoms with Crippen LogP contribution < -0.4 is 5.32 Å². The van der Waals surface area contributed by atoms with Crippen LogP contribution in [0.1, 0.15) is 56.0 Å². The van der Waals surface area contributed by atoms with Crippen molar-refractivity contribution in [2.24, 2.45) is 0 Å². The monoisotopic (exact) mass is 279 g/mol. The summed E-state index contributed by atoms with van der Waals surface area (Å²) in [4.78, 5) is 18.5. The van der Waals surface area contributed by atoms with E-state index < -0.39 is 0 Å². The molecule has 1 aliphatic heterocycles. The molecular weight excluding hydrogens is 254 g/mol. The van der Waals surface area contributed by atoms with E-state index in [9.17, 15) is 4.79 Å². The molecule has 1 aromatic rings. The molecule has 0 aromatic carbocycles. The van der Waals surface area contributed by atoms with Gasteiger partial charge in [-0.2, -0.15) is 0 Å². The molecule has 0 radical (unpaired) electrons. The van der Waals surface area contributed by atoms with Crippen molar-refractivity contribution in [2.75, 3.05) is 19.6 Å². The number of rotatable bonds is 6. The van der Waals surface area contributed by atoms with Crippen LogP contribution in [0, 0.1) is 0 Å². The predicted molar refractivity (Wildman–Crippen MR) is 77.6 cm³/mol. The molecule has 2 heterocycles. The summed E-state index contributed by atoms with van der Waals surface area (Å²) in [6.45, 7) is 6.57. The van der Waals surface area contributed by atoms with Gasteiger partial charge in [0.1, 0.15) is 5.82 Å². The van der Waals surface area contributed by atoms with Crippen LogP contribution in [0.15, 0.2) is 0 Å². The highest BCUT2D eigenvalue weighted by Gasteiger charge is 2.23. The van der Waals surface area contributed by atoms with Crippen LogP contribution in [0.25, 0.3) is 0 Å². The largest absolute Gasteiger partial charge is 0.335 e. The van der Waals surface area contributed by atoms with Gasteiger partial charge >= 0.3 is 0 Å². The third kappa shape index (κ3) is 3.79. The predicted octanol–water partition coefficient (Wildman–Crippen LogP) is 1.36. The summed E-state index contributed by atoms with van der Waals surface area (Å²) in [7, 11) is 0. The molecule has 2 N–H and O–H groups in total. The first-order valence-electron chi connectivity index (χ1n) is 7.68. The maximum absolute atomic E-state index is 12.4. The van der Waals surface area contributed by atoms with Crippen LogP contribution in [0.5, 0.6) is 0 Å². The summed E-state index contributed by atoms with van der Waals surface area (Å²) in [6.07, 6.45) is 5.43. The first kappa shape index (κ1) is 15.0. The van der Waals surface area contributed by atoms with E-state index in [1.165, 1.54) is 12.8 Å². The fourth-order valence-electron chi connectivity index (χ4n) is 2.58. The zero-order valence-electron chi connectivity index (χ0n) is 12.5. The van der Waals surface area contributed by atoms with Crippen LogP contribution in [0.2, 0.25) is 0 Å². The highest BCUT2D eigenvalue weighted by molar-refractivity contribution is 5.90. The van der Waals surface area contributed by atoms with Crippen molar-refractivity contribution in [3.05, 3.63) is 11.6 Å². The van der Waals surface area contributed by atoms with Gasteiger partial charge in [-0.05, 0) is 32.7 Å². The summed E-state index contributed by atoms with van der Waals surface area (Å²) in [5.41, 5.74) is 0. The van der Waals surface area contributed by atoms with Crippen molar-refractivity contribution >= 4 is 5.91 Å². The van der Waals surface area contributed by atoms with Gasteiger partial charge < -0.3 is 10.2 Å². The fraction of sp³-hybridized carbons (Fsp3) is 0.786. The van der Waals surface area contributed by atoms with Crippen LogP contribution in [0.4, 0.5) is 0 Å². The van der Waals surface area contributed by atoms with Gasteiger partial charge in [0.25, 0.3) is 5.91 Å². The Morgan fingerprint density at radius 3 is 2.90 bits per heavy atom. The molecule has 20 heavy (non-hydrogen) atoms. The summed E-state index contributed by atoms with van der Waals surface area (Å²) in [6, 6.07) is 0.404. The first-order valence-corrected chi connectivity index (χ1v) is 7.68. The molecule has 6 heteroatoms. The van der Waals surface area contributed by atoms with Crippen LogP contribution in [-0.4, -0.2) is 51.7 Å². The van der Waals surface area contributed by atoms with Crippen LogP contribution in [0.3, 0.4) is 0 Å². The average Bonchev–Trinajstić information content (AvgIpc) is 2.94. The van der Waals surface area contributed by atoms with Crippen LogP contribution in [-0.2, 0) is 6.42 Å². The van der Waals surface area contributed by atoms with Gasteiger partial charge in [0.05, 0.1) is 0 Å². The number of nitrogens with one attached hydrogen (secondary N) is 2. The Morgan fingerprint density at radius 1 is 1.40 bits per heavy atom. The smallest absolute Gasteiger partial charge is 0.293 e. The van der Waals surface area contributed by atoms with Crippen molar-refractivity contribution in [1.29, 1.82) is 0 Å². The number of aryl methyl sites for hydroxylation is 1. The molecule has 0 saturated carbocycles. The Hall–Kier alpha value is -1.43. The van der Waals surface area contributed by atoms with Gasteiger partial charge in [0, 0.05) is 25.6 Å². The minimum atomic E-state index is -0.0709. The molecule has 1 atom stereocenters. The van der Waals surface area contributed by atoms with E-state index in [0.717, 1.165) is 38.2 Å². The Bertz CT molecular complexity index is 425. The molecule has 0 aliphatic carbocycles. The minimum Gasteiger partial charge on any atom is -0.335 e. The minimum absolute atomic E-state index is 0.0709. The number of likely N-dealkylation sites (N-methyl/N-ethyl adjacent to an activating group) is 1. The van der Waals surface area contributed by atoms with Crippen LogP contribution >= 0.6 is 0 Å². The molecule has 1 amide bonds. The van der Waals surface area contributed by atoms with Gasteiger partial charge in [-0.15, -0.1) is 5.10 Å². The second kappa shape index (κ2) is 7.38. The second-order valence-corrected chi connectivity index (χ2v) is 5.35. The Kier molecular flexibility index (Phi) is 5.52. The summed E-state index contributed by atoms with van der Waals surface area (Å²) in [5, 5.41) is 10.4. The van der Waals surface area contributed by atoms with Gasteiger partial charge in [-0.25, -0.2) is 4.98 Å². The summed E-state index contributed by atoms with van der Waals surface area (Å²) in [5.74, 6) is 1.02. The normalized spacial score (nSPS) is 19.0. The van der Waals surface area contributed by atoms with Crippen molar-refractivity contribution in [3.8, 4) is 0 Å². The van der Waals surface area contributed by atoms with E-state index in [2.05, 4.69) is 27.4 Å². The molecule has 1 fully saturated rings. The lowest BCUT2D eigenvalue weighted by molar-refractivity contribution is 0.0729. The lowest BCUT2D eigenvalue weighted by Gasteiger charge is -2.29. The summed E-state index contributed by atoms with van der Waals surface area (Å²) < 4.78 is 0. The van der Waals surface area contributed by atoms with Gasteiger partial charge in [-0.1, -0.05) is 13.3 Å². The van der Waals surface area contributed by atoms with E-state index in [1.807, 2.05) is 11.8 Å². The van der Waals surface area contributed by atoms with E-state index >= 15 is 0 Å². The highest BCUT2D eigenvalue weighted by Crippen LogP contribution is 2.10. The maximum Gasteiger partial charge on any atom is 0.293 e. The van der Waals surface area contributed by atoms with Crippen molar-refractivity contribution < 1.29 is 4.79 Å². The number of H-pyrrole nitrogens is 1. The van der Waals surface area contributed by atoms with Gasteiger partial charge in [0.15, 0.2) is 0 Å².